The van der Waals surface area contributed by atoms with Gasteiger partial charge in [-0.3, -0.25) is 0 Å². The molecule has 0 bridgehead atoms. The van der Waals surface area contributed by atoms with Gasteiger partial charge in [0.05, 0.1) is 6.04 Å². The average molecular weight is 369 g/mol. The Kier molecular flexibility index (Phi) is 4.02. The van der Waals surface area contributed by atoms with Crippen LogP contribution in [0.15, 0.2) is 51.4 Å². The molecule has 0 fully saturated rings. The summed E-state index contributed by atoms with van der Waals surface area (Å²) in [5.41, 5.74) is 1.13. The molecule has 3 rings (SSSR count). The summed E-state index contributed by atoms with van der Waals surface area (Å²) in [6.45, 7) is 0. The van der Waals surface area contributed by atoms with Crippen LogP contribution < -0.4 is 5.32 Å². The molecule has 0 spiro atoms. The van der Waals surface area contributed by atoms with Crippen LogP contribution in [0.3, 0.4) is 0 Å². The van der Waals surface area contributed by atoms with Gasteiger partial charge in [-0.25, -0.2) is 4.39 Å². The molecule has 1 aromatic heterocycles. The Hall–Kier alpha value is -1.36. The van der Waals surface area contributed by atoms with Gasteiger partial charge in [0.2, 0.25) is 0 Å². The van der Waals surface area contributed by atoms with Crippen molar-refractivity contribution in [3.8, 4) is 0 Å². The normalized spacial score (nSPS) is 12.8. The van der Waals surface area contributed by atoms with Crippen molar-refractivity contribution >= 4 is 38.5 Å². The monoisotopic (exact) mass is 367 g/mol. The highest BCUT2D eigenvalue weighted by molar-refractivity contribution is 9.10. The molecule has 1 N–H and O–H groups in total. The van der Waals surface area contributed by atoms with Crippen molar-refractivity contribution in [2.45, 2.75) is 6.04 Å². The van der Waals surface area contributed by atoms with E-state index in [9.17, 15) is 4.39 Å². The van der Waals surface area contributed by atoms with Crippen LogP contribution in [0.25, 0.3) is 11.0 Å². The number of benzene rings is 2. The van der Waals surface area contributed by atoms with Gasteiger partial charge in [0.25, 0.3) is 0 Å². The van der Waals surface area contributed by atoms with Crippen LogP contribution in [0, 0.1) is 5.82 Å². The molecule has 1 atom stereocenters. The number of hydrogen-bond acceptors (Lipinski definition) is 2. The zero-order valence-electron chi connectivity index (χ0n) is 11.2. The molecule has 0 aliphatic heterocycles. The van der Waals surface area contributed by atoms with Gasteiger partial charge in [-0.05, 0) is 42.9 Å². The smallest absolute Gasteiger partial charge is 0.169 e. The Bertz CT molecular complexity index is 802. The highest BCUT2D eigenvalue weighted by atomic mass is 79.9. The highest BCUT2D eigenvalue weighted by Gasteiger charge is 2.20. The minimum absolute atomic E-state index is 0.248. The van der Waals surface area contributed by atoms with Crippen LogP contribution in [-0.2, 0) is 0 Å². The first-order valence-electron chi connectivity index (χ1n) is 6.40. The number of hydrogen-bond donors (Lipinski definition) is 1. The number of rotatable bonds is 3. The van der Waals surface area contributed by atoms with E-state index < -0.39 is 0 Å². The predicted molar refractivity (Wildman–Crippen MR) is 86.2 cm³/mol. The predicted octanol–water partition coefficient (Wildman–Crippen LogP) is 5.30. The molecule has 0 amide bonds. The van der Waals surface area contributed by atoms with Gasteiger partial charge in [-0.1, -0.05) is 39.7 Å². The summed E-state index contributed by atoms with van der Waals surface area (Å²) in [6, 6.07) is 12.1. The van der Waals surface area contributed by atoms with Crippen molar-refractivity contribution in [1.82, 2.24) is 5.32 Å². The van der Waals surface area contributed by atoms with Crippen molar-refractivity contribution in [1.29, 1.82) is 0 Å². The highest BCUT2D eigenvalue weighted by Crippen LogP contribution is 2.34. The van der Waals surface area contributed by atoms with Crippen LogP contribution in [0.2, 0.25) is 5.02 Å². The molecule has 0 aliphatic rings. The maximum Gasteiger partial charge on any atom is 0.169 e. The molecule has 1 unspecified atom stereocenters. The topological polar surface area (TPSA) is 25.2 Å². The van der Waals surface area contributed by atoms with Crippen LogP contribution in [0.4, 0.5) is 4.39 Å². The van der Waals surface area contributed by atoms with Crippen molar-refractivity contribution in [3.05, 3.63) is 69.1 Å². The van der Waals surface area contributed by atoms with Crippen LogP contribution >= 0.6 is 27.5 Å². The number of nitrogens with one attached hydrogen (secondary N) is 1. The fourth-order valence-corrected chi connectivity index (χ4v) is 2.98. The molecular weight excluding hydrogens is 357 g/mol. The molecule has 0 saturated carbocycles. The maximum absolute atomic E-state index is 13.8. The second kappa shape index (κ2) is 5.79. The summed E-state index contributed by atoms with van der Waals surface area (Å²) in [4.78, 5) is 0. The zero-order chi connectivity index (χ0) is 15.0. The van der Waals surface area contributed by atoms with E-state index in [4.69, 9.17) is 16.0 Å². The number of halogens is 3. The number of fused-ring (bicyclic) bond motifs is 1. The summed E-state index contributed by atoms with van der Waals surface area (Å²) in [6.07, 6.45) is 0. The lowest BCUT2D eigenvalue weighted by atomic mass is 10.0. The largest absolute Gasteiger partial charge is 0.456 e. The average Bonchev–Trinajstić information content (AvgIpc) is 2.89. The summed E-state index contributed by atoms with van der Waals surface area (Å²) in [7, 11) is 1.81. The second-order valence-electron chi connectivity index (χ2n) is 4.69. The maximum atomic E-state index is 13.8. The molecule has 0 radical (unpaired) electrons. The summed E-state index contributed by atoms with van der Waals surface area (Å²) in [5, 5.41) is 4.52. The number of furan rings is 1. The quantitative estimate of drug-likeness (QED) is 0.679. The van der Waals surface area contributed by atoms with Crippen LogP contribution in [0.5, 0.6) is 0 Å². The van der Waals surface area contributed by atoms with Crippen molar-refractivity contribution in [3.63, 3.8) is 0 Å². The lowest BCUT2D eigenvalue weighted by Gasteiger charge is -2.16. The Morgan fingerprint density at radius 2 is 2.05 bits per heavy atom. The van der Waals surface area contributed by atoms with E-state index >= 15 is 0 Å². The van der Waals surface area contributed by atoms with Gasteiger partial charge in [0.1, 0.15) is 5.76 Å². The molecule has 2 nitrogen and oxygen atoms in total. The minimum atomic E-state index is -0.367. The molecule has 2 aromatic carbocycles. The van der Waals surface area contributed by atoms with Gasteiger partial charge in [-0.2, -0.15) is 0 Å². The van der Waals surface area contributed by atoms with Crippen molar-refractivity contribution in [2.24, 2.45) is 0 Å². The first-order valence-corrected chi connectivity index (χ1v) is 7.57. The molecule has 21 heavy (non-hydrogen) atoms. The first-order chi connectivity index (χ1) is 10.1. The van der Waals surface area contributed by atoms with E-state index in [-0.39, 0.29) is 17.4 Å². The summed E-state index contributed by atoms with van der Waals surface area (Å²) in [5.74, 6) is 0.256. The summed E-state index contributed by atoms with van der Waals surface area (Å²) >= 11 is 9.71. The Labute approximate surface area is 135 Å². The van der Waals surface area contributed by atoms with E-state index in [2.05, 4.69) is 21.2 Å². The molecule has 0 saturated heterocycles. The standard InChI is InChI=1S/C16H12BrClFNO/c1-20-15(11-8-10(17)5-6-12(11)18)14-7-9-3-2-4-13(19)16(9)21-14/h2-8,15,20H,1H3. The van der Waals surface area contributed by atoms with Crippen molar-refractivity contribution in [2.75, 3.05) is 7.05 Å². The zero-order valence-corrected chi connectivity index (χ0v) is 13.5. The Morgan fingerprint density at radius 3 is 2.76 bits per heavy atom. The second-order valence-corrected chi connectivity index (χ2v) is 6.02. The van der Waals surface area contributed by atoms with E-state index in [1.807, 2.05) is 37.4 Å². The Morgan fingerprint density at radius 1 is 1.24 bits per heavy atom. The van der Waals surface area contributed by atoms with Crippen LogP contribution in [0.1, 0.15) is 17.4 Å². The fraction of sp³-hybridized carbons (Fsp3) is 0.125. The van der Waals surface area contributed by atoms with Gasteiger partial charge in [0, 0.05) is 14.9 Å². The Balaban J connectivity index is 2.13. The van der Waals surface area contributed by atoms with Gasteiger partial charge >= 0.3 is 0 Å². The minimum Gasteiger partial charge on any atom is -0.456 e. The molecule has 0 aliphatic carbocycles. The molecular formula is C16H12BrClFNO. The summed E-state index contributed by atoms with van der Waals surface area (Å²) < 4.78 is 20.4. The third kappa shape index (κ3) is 2.71. The lowest BCUT2D eigenvalue weighted by molar-refractivity contribution is 0.476. The van der Waals surface area contributed by atoms with E-state index in [1.165, 1.54) is 6.07 Å². The first kappa shape index (κ1) is 14.6. The number of para-hydroxylation sites is 1. The van der Waals surface area contributed by atoms with Crippen LogP contribution in [-0.4, -0.2) is 7.05 Å². The SMILES string of the molecule is CNC(c1cc2cccc(F)c2o1)c1cc(Br)ccc1Cl. The van der Waals surface area contributed by atoms with E-state index in [1.54, 1.807) is 6.07 Å². The van der Waals surface area contributed by atoms with E-state index in [0.717, 1.165) is 15.4 Å². The third-order valence-electron chi connectivity index (χ3n) is 3.36. The molecule has 5 heteroatoms. The van der Waals surface area contributed by atoms with E-state index in [0.29, 0.717) is 10.8 Å². The van der Waals surface area contributed by atoms with Gasteiger partial charge < -0.3 is 9.73 Å². The van der Waals surface area contributed by atoms with Crippen molar-refractivity contribution < 1.29 is 8.81 Å². The molecule has 3 aromatic rings. The fourth-order valence-electron chi connectivity index (χ4n) is 2.38. The van der Waals surface area contributed by atoms with Gasteiger partial charge in [-0.15, -0.1) is 0 Å². The molecule has 108 valence electrons. The third-order valence-corrected chi connectivity index (χ3v) is 4.19. The lowest BCUT2D eigenvalue weighted by Crippen LogP contribution is -2.17. The van der Waals surface area contributed by atoms with Gasteiger partial charge in [0.15, 0.2) is 11.4 Å². The molecule has 1 heterocycles.